The highest BCUT2D eigenvalue weighted by Gasteiger charge is 2.15. The van der Waals surface area contributed by atoms with Crippen molar-refractivity contribution >= 4 is 11.6 Å². The van der Waals surface area contributed by atoms with E-state index in [0.29, 0.717) is 23.1 Å². The molecule has 1 amide bonds. The van der Waals surface area contributed by atoms with E-state index in [4.69, 9.17) is 9.15 Å². The number of amides is 1. The Balaban J connectivity index is 1.71. The summed E-state index contributed by atoms with van der Waals surface area (Å²) < 4.78 is 10.9. The largest absolute Gasteiger partial charge is 0.497 e. The average molecular weight is 322 g/mol. The number of nitrogens with one attached hydrogen (secondary N) is 1. The molecule has 0 saturated heterocycles. The Kier molecular flexibility index (Phi) is 4.61. The zero-order chi connectivity index (χ0) is 16.9. The van der Waals surface area contributed by atoms with Gasteiger partial charge in [-0.1, -0.05) is 24.3 Å². The van der Waals surface area contributed by atoms with E-state index in [-0.39, 0.29) is 12.3 Å². The molecule has 0 bridgehead atoms. The van der Waals surface area contributed by atoms with Gasteiger partial charge in [0.1, 0.15) is 11.5 Å². The van der Waals surface area contributed by atoms with E-state index in [2.05, 4.69) is 10.3 Å². The number of benzene rings is 2. The first-order valence-corrected chi connectivity index (χ1v) is 7.61. The highest BCUT2D eigenvalue weighted by molar-refractivity contribution is 5.92. The summed E-state index contributed by atoms with van der Waals surface area (Å²) in [6.07, 6.45) is 0.128. The van der Waals surface area contributed by atoms with E-state index in [1.165, 1.54) is 0 Å². The first-order chi connectivity index (χ1) is 11.7. The van der Waals surface area contributed by atoms with Crippen molar-refractivity contribution in [3.63, 3.8) is 0 Å². The maximum absolute atomic E-state index is 12.2. The van der Waals surface area contributed by atoms with Gasteiger partial charge in [0.2, 0.25) is 11.8 Å². The van der Waals surface area contributed by atoms with Crippen LogP contribution in [0.25, 0.3) is 11.5 Å². The number of oxazole rings is 1. The molecule has 5 nitrogen and oxygen atoms in total. The number of rotatable bonds is 5. The van der Waals surface area contributed by atoms with E-state index in [0.717, 1.165) is 11.3 Å². The van der Waals surface area contributed by atoms with E-state index < -0.39 is 0 Å². The highest BCUT2D eigenvalue weighted by atomic mass is 16.5. The van der Waals surface area contributed by atoms with Crippen LogP contribution in [-0.2, 0) is 11.2 Å². The number of ether oxygens (including phenoxy) is 1. The first-order valence-electron chi connectivity index (χ1n) is 7.61. The third-order valence-electron chi connectivity index (χ3n) is 3.59. The molecule has 0 atom stereocenters. The summed E-state index contributed by atoms with van der Waals surface area (Å²) in [5.41, 5.74) is 2.29. The molecule has 5 heteroatoms. The van der Waals surface area contributed by atoms with Gasteiger partial charge in [-0.05, 0) is 31.2 Å². The molecule has 1 heterocycles. The predicted molar refractivity (Wildman–Crippen MR) is 92.0 cm³/mol. The second-order valence-corrected chi connectivity index (χ2v) is 5.35. The van der Waals surface area contributed by atoms with Gasteiger partial charge in [0.25, 0.3) is 0 Å². The van der Waals surface area contributed by atoms with Crippen LogP contribution >= 0.6 is 0 Å². The van der Waals surface area contributed by atoms with Crippen LogP contribution in [0.4, 0.5) is 5.69 Å². The van der Waals surface area contributed by atoms with Gasteiger partial charge in [-0.15, -0.1) is 0 Å². The second-order valence-electron chi connectivity index (χ2n) is 5.35. The smallest absolute Gasteiger partial charge is 0.232 e. The minimum atomic E-state index is -0.165. The van der Waals surface area contributed by atoms with Crippen LogP contribution in [0.1, 0.15) is 11.5 Å². The van der Waals surface area contributed by atoms with E-state index in [1.54, 1.807) is 13.2 Å². The number of carbonyl (C=O) groups is 1. The molecule has 0 fully saturated rings. The van der Waals surface area contributed by atoms with Gasteiger partial charge in [-0.25, -0.2) is 4.98 Å². The summed E-state index contributed by atoms with van der Waals surface area (Å²) in [5, 5.41) is 2.83. The number of carbonyl (C=O) groups excluding carboxylic acids is 1. The maximum atomic E-state index is 12.2. The van der Waals surface area contributed by atoms with Crippen LogP contribution in [0, 0.1) is 6.92 Å². The Labute approximate surface area is 140 Å². The number of hydrogen-bond donors (Lipinski definition) is 1. The zero-order valence-corrected chi connectivity index (χ0v) is 13.6. The Morgan fingerprint density at radius 2 is 1.96 bits per heavy atom. The van der Waals surface area contributed by atoms with Crippen LogP contribution < -0.4 is 10.1 Å². The van der Waals surface area contributed by atoms with Crippen molar-refractivity contribution in [2.24, 2.45) is 0 Å². The van der Waals surface area contributed by atoms with E-state index in [1.807, 2.05) is 55.5 Å². The van der Waals surface area contributed by atoms with Gasteiger partial charge >= 0.3 is 0 Å². The lowest BCUT2D eigenvalue weighted by atomic mass is 10.2. The van der Waals surface area contributed by atoms with Gasteiger partial charge in [0.15, 0.2) is 0 Å². The standard InChI is InChI=1S/C19H18N2O3/c1-13-17(24-19(20-13)14-7-4-3-5-8-14)12-18(22)21-15-9-6-10-16(11-15)23-2/h3-11H,12H2,1-2H3,(H,21,22). The molecule has 0 spiro atoms. The lowest BCUT2D eigenvalue weighted by Gasteiger charge is -2.06. The molecule has 0 aliphatic rings. The minimum Gasteiger partial charge on any atom is -0.497 e. The predicted octanol–water partition coefficient (Wildman–Crippen LogP) is 3.84. The van der Waals surface area contributed by atoms with Gasteiger partial charge in [0, 0.05) is 17.3 Å². The van der Waals surface area contributed by atoms with Gasteiger partial charge in [-0.3, -0.25) is 4.79 Å². The fraction of sp³-hybridized carbons (Fsp3) is 0.158. The number of aromatic nitrogens is 1. The summed E-state index contributed by atoms with van der Waals surface area (Å²) in [6.45, 7) is 1.84. The van der Waals surface area contributed by atoms with Gasteiger partial charge in [0.05, 0.1) is 19.2 Å². The van der Waals surface area contributed by atoms with Crippen molar-refractivity contribution in [3.05, 3.63) is 66.1 Å². The van der Waals surface area contributed by atoms with E-state index >= 15 is 0 Å². The molecular weight excluding hydrogens is 304 g/mol. The molecule has 24 heavy (non-hydrogen) atoms. The Morgan fingerprint density at radius 1 is 1.17 bits per heavy atom. The van der Waals surface area contributed by atoms with Crippen molar-refractivity contribution < 1.29 is 13.9 Å². The zero-order valence-electron chi connectivity index (χ0n) is 13.6. The molecular formula is C19H18N2O3. The molecule has 1 N–H and O–H groups in total. The molecule has 0 saturated carbocycles. The topological polar surface area (TPSA) is 64.4 Å². The number of methoxy groups -OCH3 is 1. The Morgan fingerprint density at radius 3 is 2.71 bits per heavy atom. The molecule has 2 aromatic carbocycles. The third kappa shape index (κ3) is 3.63. The van der Waals surface area contributed by atoms with Crippen molar-refractivity contribution in [3.8, 4) is 17.2 Å². The SMILES string of the molecule is COc1cccc(NC(=O)Cc2oc(-c3ccccc3)nc2C)c1. The molecule has 0 unspecified atom stereocenters. The summed E-state index contributed by atoms with van der Waals surface area (Å²) in [4.78, 5) is 16.6. The molecule has 122 valence electrons. The first kappa shape index (κ1) is 15.8. The second kappa shape index (κ2) is 7.00. The quantitative estimate of drug-likeness (QED) is 0.775. The highest BCUT2D eigenvalue weighted by Crippen LogP contribution is 2.22. The van der Waals surface area contributed by atoms with Crippen molar-refractivity contribution in [1.82, 2.24) is 4.98 Å². The normalized spacial score (nSPS) is 10.4. The number of nitrogens with zero attached hydrogens (tertiary/aromatic N) is 1. The third-order valence-corrected chi connectivity index (χ3v) is 3.59. The van der Waals surface area contributed by atoms with Crippen LogP contribution in [-0.4, -0.2) is 18.0 Å². The van der Waals surface area contributed by atoms with Gasteiger partial charge < -0.3 is 14.5 Å². The summed E-state index contributed by atoms with van der Waals surface area (Å²) >= 11 is 0. The van der Waals surface area contributed by atoms with E-state index in [9.17, 15) is 4.79 Å². The van der Waals surface area contributed by atoms with Crippen molar-refractivity contribution in [1.29, 1.82) is 0 Å². The fourth-order valence-electron chi connectivity index (χ4n) is 2.35. The van der Waals surface area contributed by atoms with Crippen LogP contribution in [0.15, 0.2) is 59.0 Å². The Hall–Kier alpha value is -3.08. The maximum Gasteiger partial charge on any atom is 0.232 e. The minimum absolute atomic E-state index is 0.128. The van der Waals surface area contributed by atoms with Crippen molar-refractivity contribution in [2.45, 2.75) is 13.3 Å². The van der Waals surface area contributed by atoms with Gasteiger partial charge in [-0.2, -0.15) is 0 Å². The monoisotopic (exact) mass is 322 g/mol. The van der Waals surface area contributed by atoms with Crippen LogP contribution in [0.2, 0.25) is 0 Å². The molecule has 0 radical (unpaired) electrons. The molecule has 0 aliphatic heterocycles. The fourth-order valence-corrected chi connectivity index (χ4v) is 2.35. The summed E-state index contributed by atoms with van der Waals surface area (Å²) in [6, 6.07) is 16.8. The lowest BCUT2D eigenvalue weighted by molar-refractivity contribution is -0.115. The number of anilines is 1. The van der Waals surface area contributed by atoms with Crippen LogP contribution in [0.3, 0.4) is 0 Å². The number of aryl methyl sites for hydroxylation is 1. The molecule has 3 aromatic rings. The lowest BCUT2D eigenvalue weighted by Crippen LogP contribution is -2.14. The molecule has 3 rings (SSSR count). The van der Waals surface area contributed by atoms with Crippen molar-refractivity contribution in [2.75, 3.05) is 12.4 Å². The van der Waals surface area contributed by atoms with Crippen LogP contribution in [0.5, 0.6) is 5.75 Å². The summed E-state index contributed by atoms with van der Waals surface area (Å²) in [7, 11) is 1.59. The number of hydrogen-bond acceptors (Lipinski definition) is 4. The molecule has 0 aliphatic carbocycles. The average Bonchev–Trinajstić information content (AvgIpc) is 2.96. The summed E-state index contributed by atoms with van der Waals surface area (Å²) in [5.74, 6) is 1.61. The Bertz CT molecular complexity index is 841. The molecule has 1 aromatic heterocycles.